The summed E-state index contributed by atoms with van der Waals surface area (Å²) in [5, 5.41) is 8.82. The van der Waals surface area contributed by atoms with Gasteiger partial charge in [-0.05, 0) is 25.1 Å². The number of benzene rings is 1. The first-order chi connectivity index (χ1) is 8.34. The minimum absolute atomic E-state index is 0.206. The fourth-order valence-corrected chi connectivity index (χ4v) is 1.35. The highest BCUT2D eigenvalue weighted by Gasteiger charge is 2.22. The van der Waals surface area contributed by atoms with Crippen molar-refractivity contribution in [1.29, 1.82) is 0 Å². The summed E-state index contributed by atoms with van der Waals surface area (Å²) in [4.78, 5) is 34.8. The van der Waals surface area contributed by atoms with Gasteiger partial charge in [0.05, 0.1) is 0 Å². The lowest BCUT2D eigenvalue weighted by atomic mass is 10.1. The number of nitrogens with two attached hydrogens (primary N) is 1. The molecule has 0 aliphatic heterocycles. The molecule has 1 aromatic rings. The Hall–Kier alpha value is -2.37. The molecule has 2 amide bonds. The van der Waals surface area contributed by atoms with Crippen LogP contribution in [0.15, 0.2) is 24.3 Å². The number of primary amides is 1. The third-order valence-electron chi connectivity index (χ3n) is 2.65. The normalized spacial score (nSPS) is 11.7. The van der Waals surface area contributed by atoms with E-state index in [1.54, 1.807) is 0 Å². The summed E-state index contributed by atoms with van der Waals surface area (Å²) in [5.74, 6) is -2.22. The largest absolute Gasteiger partial charge is 0.480 e. The molecule has 0 radical (unpaired) electrons. The van der Waals surface area contributed by atoms with Crippen LogP contribution < -0.4 is 5.73 Å². The lowest BCUT2D eigenvalue weighted by Gasteiger charge is -2.21. The summed E-state index contributed by atoms with van der Waals surface area (Å²) < 4.78 is 0. The maximum Gasteiger partial charge on any atom is 0.326 e. The van der Waals surface area contributed by atoms with Crippen LogP contribution in [0.4, 0.5) is 0 Å². The molecule has 1 unspecified atom stereocenters. The van der Waals surface area contributed by atoms with Crippen molar-refractivity contribution in [1.82, 2.24) is 4.90 Å². The van der Waals surface area contributed by atoms with E-state index in [0.29, 0.717) is 0 Å². The summed E-state index contributed by atoms with van der Waals surface area (Å²) in [6.07, 6.45) is 0. The predicted molar refractivity (Wildman–Crippen MR) is 64.2 cm³/mol. The summed E-state index contributed by atoms with van der Waals surface area (Å²) in [6.45, 7) is 1.40. The molecule has 96 valence electrons. The summed E-state index contributed by atoms with van der Waals surface area (Å²) in [6, 6.07) is 4.90. The number of amides is 2. The molecule has 6 heteroatoms. The van der Waals surface area contributed by atoms with E-state index < -0.39 is 23.8 Å². The number of aliphatic carboxylic acids is 1. The van der Waals surface area contributed by atoms with Crippen LogP contribution in [0.25, 0.3) is 0 Å². The summed E-state index contributed by atoms with van der Waals surface area (Å²) in [5.41, 5.74) is 5.54. The highest BCUT2D eigenvalue weighted by molar-refractivity contribution is 6.00. The van der Waals surface area contributed by atoms with Crippen molar-refractivity contribution in [3.8, 4) is 0 Å². The van der Waals surface area contributed by atoms with Gasteiger partial charge in [0.2, 0.25) is 5.91 Å². The fraction of sp³-hybridized carbons (Fsp3) is 0.250. The van der Waals surface area contributed by atoms with Crippen LogP contribution in [0.2, 0.25) is 0 Å². The van der Waals surface area contributed by atoms with E-state index in [0.717, 1.165) is 4.90 Å². The van der Waals surface area contributed by atoms with Crippen molar-refractivity contribution < 1.29 is 19.5 Å². The van der Waals surface area contributed by atoms with Crippen molar-refractivity contribution in [2.75, 3.05) is 7.05 Å². The quantitative estimate of drug-likeness (QED) is 0.804. The zero-order valence-electron chi connectivity index (χ0n) is 10.1. The van der Waals surface area contributed by atoms with E-state index in [2.05, 4.69) is 0 Å². The van der Waals surface area contributed by atoms with Crippen molar-refractivity contribution in [3.05, 3.63) is 35.4 Å². The van der Waals surface area contributed by atoms with E-state index in [-0.39, 0.29) is 11.1 Å². The molecule has 18 heavy (non-hydrogen) atoms. The molecule has 0 aliphatic rings. The zero-order valence-corrected chi connectivity index (χ0v) is 10.1. The molecule has 0 bridgehead atoms. The minimum Gasteiger partial charge on any atom is -0.480 e. The van der Waals surface area contributed by atoms with Crippen molar-refractivity contribution in [2.24, 2.45) is 5.73 Å². The second-order valence-corrected chi connectivity index (χ2v) is 3.88. The van der Waals surface area contributed by atoms with E-state index in [1.807, 2.05) is 0 Å². The van der Waals surface area contributed by atoms with Crippen LogP contribution >= 0.6 is 0 Å². The van der Waals surface area contributed by atoms with Crippen LogP contribution in [-0.4, -0.2) is 40.9 Å². The van der Waals surface area contributed by atoms with Crippen molar-refractivity contribution in [2.45, 2.75) is 13.0 Å². The molecular weight excluding hydrogens is 236 g/mol. The van der Waals surface area contributed by atoms with Crippen LogP contribution in [0, 0.1) is 0 Å². The third-order valence-corrected chi connectivity index (χ3v) is 2.65. The molecule has 6 nitrogen and oxygen atoms in total. The number of hydrogen-bond acceptors (Lipinski definition) is 3. The average molecular weight is 250 g/mol. The third kappa shape index (κ3) is 2.85. The molecule has 0 saturated carbocycles. The van der Waals surface area contributed by atoms with Gasteiger partial charge in [0.25, 0.3) is 5.91 Å². The monoisotopic (exact) mass is 250 g/mol. The number of carboxylic acid groups (broad SMARTS) is 1. The smallest absolute Gasteiger partial charge is 0.326 e. The molecule has 0 aliphatic carbocycles. The Labute approximate surface area is 104 Å². The molecule has 0 aromatic heterocycles. The van der Waals surface area contributed by atoms with Gasteiger partial charge in [-0.3, -0.25) is 9.59 Å². The van der Waals surface area contributed by atoms with Crippen molar-refractivity contribution in [3.63, 3.8) is 0 Å². The average Bonchev–Trinajstić information content (AvgIpc) is 2.36. The summed E-state index contributed by atoms with van der Waals surface area (Å²) >= 11 is 0. The first kappa shape index (κ1) is 13.7. The Morgan fingerprint density at radius 2 is 1.83 bits per heavy atom. The first-order valence-corrected chi connectivity index (χ1v) is 5.24. The highest BCUT2D eigenvalue weighted by atomic mass is 16.4. The second-order valence-electron chi connectivity index (χ2n) is 3.88. The lowest BCUT2D eigenvalue weighted by Crippen LogP contribution is -2.40. The van der Waals surface area contributed by atoms with Gasteiger partial charge in [0, 0.05) is 18.2 Å². The number of carbonyl (C=O) groups is 3. The molecule has 3 N–H and O–H groups in total. The van der Waals surface area contributed by atoms with Gasteiger partial charge in [-0.2, -0.15) is 0 Å². The van der Waals surface area contributed by atoms with Crippen LogP contribution in [0.5, 0.6) is 0 Å². The van der Waals surface area contributed by atoms with Crippen LogP contribution in [0.3, 0.4) is 0 Å². The van der Waals surface area contributed by atoms with Crippen LogP contribution in [-0.2, 0) is 4.79 Å². The minimum atomic E-state index is -1.10. The molecule has 0 spiro atoms. The molecule has 1 atom stereocenters. The number of nitrogens with zero attached hydrogens (tertiary/aromatic N) is 1. The number of likely N-dealkylation sites (N-methyl/N-ethyl adjacent to an activating group) is 1. The zero-order chi connectivity index (χ0) is 13.9. The maximum absolute atomic E-state index is 12.0. The molecule has 0 heterocycles. The van der Waals surface area contributed by atoms with E-state index in [9.17, 15) is 14.4 Å². The van der Waals surface area contributed by atoms with Gasteiger partial charge in [-0.1, -0.05) is 6.07 Å². The van der Waals surface area contributed by atoms with Crippen molar-refractivity contribution >= 4 is 17.8 Å². The molecule has 1 rings (SSSR count). The van der Waals surface area contributed by atoms with Gasteiger partial charge in [-0.15, -0.1) is 0 Å². The molecule has 0 saturated heterocycles. The number of rotatable bonds is 4. The lowest BCUT2D eigenvalue weighted by molar-refractivity contribution is -0.141. The topological polar surface area (TPSA) is 101 Å². The number of carboxylic acids is 1. The van der Waals surface area contributed by atoms with E-state index in [1.165, 1.54) is 38.2 Å². The highest BCUT2D eigenvalue weighted by Crippen LogP contribution is 2.09. The molecule has 1 aromatic carbocycles. The predicted octanol–water partition coefficient (Wildman–Crippen LogP) is 0.331. The maximum atomic E-state index is 12.0. The SMILES string of the molecule is CC(C(=O)O)N(C)C(=O)c1cccc(C(N)=O)c1. The Bertz CT molecular complexity index is 499. The van der Waals surface area contributed by atoms with Gasteiger partial charge in [0.1, 0.15) is 6.04 Å². The Morgan fingerprint density at radius 1 is 1.28 bits per heavy atom. The number of carbonyl (C=O) groups excluding carboxylic acids is 2. The Kier molecular flexibility index (Phi) is 4.04. The summed E-state index contributed by atoms with van der Waals surface area (Å²) in [7, 11) is 1.39. The molecular formula is C12H14N2O4. The van der Waals surface area contributed by atoms with E-state index in [4.69, 9.17) is 10.8 Å². The standard InChI is InChI=1S/C12H14N2O4/c1-7(12(17)18)14(2)11(16)9-5-3-4-8(6-9)10(13)15/h3-7H,1-2H3,(H2,13,15)(H,17,18). The van der Waals surface area contributed by atoms with Gasteiger partial charge in [-0.25, -0.2) is 4.79 Å². The van der Waals surface area contributed by atoms with E-state index >= 15 is 0 Å². The first-order valence-electron chi connectivity index (χ1n) is 5.24. The van der Waals surface area contributed by atoms with Crippen LogP contribution in [0.1, 0.15) is 27.6 Å². The second kappa shape index (κ2) is 5.31. The van der Waals surface area contributed by atoms with Gasteiger partial charge in [0.15, 0.2) is 0 Å². The fourth-order valence-electron chi connectivity index (χ4n) is 1.35. The van der Waals surface area contributed by atoms with Gasteiger partial charge < -0.3 is 15.7 Å². The number of hydrogen-bond donors (Lipinski definition) is 2. The van der Waals surface area contributed by atoms with Gasteiger partial charge >= 0.3 is 5.97 Å². The Morgan fingerprint density at radius 3 is 2.33 bits per heavy atom. The Balaban J connectivity index is 3.00. The molecule has 0 fully saturated rings.